The van der Waals surface area contributed by atoms with Crippen molar-refractivity contribution in [3.63, 3.8) is 0 Å². The third kappa shape index (κ3) is 1.99. The van der Waals surface area contributed by atoms with Crippen LogP contribution in [-0.2, 0) is 6.54 Å². The van der Waals surface area contributed by atoms with Gasteiger partial charge in [0.25, 0.3) is 0 Å². The van der Waals surface area contributed by atoms with Gasteiger partial charge in [-0.05, 0) is 49.6 Å². The fourth-order valence-electron chi connectivity index (χ4n) is 2.24. The largest absolute Gasteiger partial charge is 0.496 e. The first-order valence-corrected chi connectivity index (χ1v) is 5.98. The maximum atomic E-state index is 5.59. The van der Waals surface area contributed by atoms with Crippen LogP contribution in [0.1, 0.15) is 22.4 Å². The number of hydrogen-bond donors (Lipinski definition) is 2. The van der Waals surface area contributed by atoms with Gasteiger partial charge in [0, 0.05) is 17.8 Å². The van der Waals surface area contributed by atoms with Gasteiger partial charge in [-0.25, -0.2) is 0 Å². The van der Waals surface area contributed by atoms with E-state index >= 15 is 0 Å². The van der Waals surface area contributed by atoms with E-state index in [1.54, 1.807) is 7.11 Å². The second-order valence-corrected chi connectivity index (χ2v) is 4.51. The molecule has 0 radical (unpaired) electrons. The van der Waals surface area contributed by atoms with Gasteiger partial charge in [-0.2, -0.15) is 5.10 Å². The minimum atomic E-state index is 0.472. The molecule has 1 aromatic heterocycles. The second kappa shape index (κ2) is 4.82. The Bertz CT molecular complexity index is 573. The average Bonchev–Trinajstić information content (AvgIpc) is 2.83. The molecule has 96 valence electrons. The Hall–Kier alpha value is -1.81. The van der Waals surface area contributed by atoms with Gasteiger partial charge in [-0.15, -0.1) is 0 Å². The molecule has 0 spiro atoms. The lowest BCUT2D eigenvalue weighted by molar-refractivity contribution is 0.408. The molecule has 0 saturated carbocycles. The molecule has 0 unspecified atom stereocenters. The van der Waals surface area contributed by atoms with E-state index in [0.717, 1.165) is 33.8 Å². The maximum Gasteiger partial charge on any atom is 0.124 e. The minimum absolute atomic E-state index is 0.472. The van der Waals surface area contributed by atoms with Gasteiger partial charge in [-0.1, -0.05) is 0 Å². The molecule has 0 saturated heterocycles. The van der Waals surface area contributed by atoms with Crippen molar-refractivity contribution in [2.75, 3.05) is 7.11 Å². The monoisotopic (exact) mass is 245 g/mol. The van der Waals surface area contributed by atoms with Crippen LogP contribution in [-0.4, -0.2) is 17.3 Å². The van der Waals surface area contributed by atoms with E-state index in [1.807, 2.05) is 13.0 Å². The number of nitrogens with zero attached hydrogens (tertiary/aromatic N) is 1. The Kier molecular flexibility index (Phi) is 3.39. The molecule has 0 atom stereocenters. The van der Waals surface area contributed by atoms with Gasteiger partial charge < -0.3 is 10.5 Å². The van der Waals surface area contributed by atoms with Crippen LogP contribution < -0.4 is 10.5 Å². The highest BCUT2D eigenvalue weighted by molar-refractivity contribution is 5.69. The van der Waals surface area contributed by atoms with Crippen molar-refractivity contribution in [1.82, 2.24) is 10.2 Å². The smallest absolute Gasteiger partial charge is 0.124 e. The van der Waals surface area contributed by atoms with Gasteiger partial charge in [0.05, 0.1) is 12.8 Å². The summed E-state index contributed by atoms with van der Waals surface area (Å²) in [6.45, 7) is 6.68. The van der Waals surface area contributed by atoms with Crippen molar-refractivity contribution >= 4 is 0 Å². The van der Waals surface area contributed by atoms with Crippen molar-refractivity contribution < 1.29 is 4.74 Å². The molecular weight excluding hydrogens is 226 g/mol. The first-order valence-electron chi connectivity index (χ1n) is 5.98. The summed E-state index contributed by atoms with van der Waals surface area (Å²) in [6, 6.07) is 4.10. The van der Waals surface area contributed by atoms with E-state index in [2.05, 4.69) is 30.1 Å². The van der Waals surface area contributed by atoms with E-state index in [0.29, 0.717) is 6.54 Å². The number of methoxy groups -OCH3 is 1. The number of rotatable bonds is 3. The predicted molar refractivity (Wildman–Crippen MR) is 72.7 cm³/mol. The lowest BCUT2D eigenvalue weighted by Crippen LogP contribution is -1.96. The number of ether oxygens (including phenoxy) is 1. The fourth-order valence-corrected chi connectivity index (χ4v) is 2.24. The molecule has 0 bridgehead atoms. The molecule has 4 heteroatoms. The number of H-pyrrole nitrogens is 1. The molecule has 18 heavy (non-hydrogen) atoms. The summed E-state index contributed by atoms with van der Waals surface area (Å²) in [7, 11) is 1.70. The Balaban J connectivity index is 2.58. The molecule has 1 aromatic carbocycles. The summed E-state index contributed by atoms with van der Waals surface area (Å²) in [5, 5.41) is 7.25. The Morgan fingerprint density at radius 2 is 1.94 bits per heavy atom. The summed E-state index contributed by atoms with van der Waals surface area (Å²) in [4.78, 5) is 0. The zero-order valence-electron chi connectivity index (χ0n) is 11.3. The normalized spacial score (nSPS) is 10.7. The third-order valence-electron chi connectivity index (χ3n) is 3.36. The van der Waals surface area contributed by atoms with Crippen LogP contribution in [0.3, 0.4) is 0 Å². The van der Waals surface area contributed by atoms with Crippen LogP contribution in [0.15, 0.2) is 12.1 Å². The second-order valence-electron chi connectivity index (χ2n) is 4.51. The van der Waals surface area contributed by atoms with Gasteiger partial charge in [0.2, 0.25) is 0 Å². The molecule has 0 aliphatic carbocycles. The molecule has 2 rings (SSSR count). The van der Waals surface area contributed by atoms with Crippen molar-refractivity contribution in [1.29, 1.82) is 0 Å². The summed E-state index contributed by atoms with van der Waals surface area (Å²) in [5.74, 6) is 0.950. The van der Waals surface area contributed by atoms with E-state index in [4.69, 9.17) is 10.5 Å². The zero-order valence-corrected chi connectivity index (χ0v) is 11.3. The molecule has 2 aromatic rings. The molecule has 1 heterocycles. The number of aromatic amines is 1. The number of hydrogen-bond acceptors (Lipinski definition) is 3. The van der Waals surface area contributed by atoms with E-state index < -0.39 is 0 Å². The summed E-state index contributed by atoms with van der Waals surface area (Å²) in [6.07, 6.45) is 0. The van der Waals surface area contributed by atoms with Crippen LogP contribution in [0.4, 0.5) is 0 Å². The van der Waals surface area contributed by atoms with Crippen molar-refractivity contribution in [2.45, 2.75) is 27.3 Å². The highest BCUT2D eigenvalue weighted by atomic mass is 16.5. The molecule has 3 N–H and O–H groups in total. The average molecular weight is 245 g/mol. The molecule has 0 aliphatic heterocycles. The predicted octanol–water partition coefficient (Wildman–Crippen LogP) is 2.47. The molecular formula is C14H19N3O. The number of benzene rings is 1. The zero-order chi connectivity index (χ0) is 13.3. The molecule has 0 fully saturated rings. The minimum Gasteiger partial charge on any atom is -0.496 e. The Labute approximate surface area is 107 Å². The number of nitrogens with two attached hydrogens (primary N) is 1. The van der Waals surface area contributed by atoms with Gasteiger partial charge in [0.15, 0.2) is 0 Å². The quantitative estimate of drug-likeness (QED) is 0.873. The van der Waals surface area contributed by atoms with Crippen molar-refractivity contribution in [3.05, 3.63) is 34.5 Å². The number of nitrogens with one attached hydrogen (secondary N) is 1. The molecule has 0 amide bonds. The Morgan fingerprint density at radius 3 is 2.50 bits per heavy atom. The Morgan fingerprint density at radius 1 is 1.22 bits per heavy atom. The molecule has 0 aliphatic rings. The van der Waals surface area contributed by atoms with E-state index in [9.17, 15) is 0 Å². The SMILES string of the molecule is COc1c(C)cc(-c2cc(CN)[nH]n2)c(C)c1C. The lowest BCUT2D eigenvalue weighted by atomic mass is 9.96. The van der Waals surface area contributed by atoms with Crippen molar-refractivity contribution in [2.24, 2.45) is 5.73 Å². The van der Waals surface area contributed by atoms with Crippen molar-refractivity contribution in [3.8, 4) is 17.0 Å². The van der Waals surface area contributed by atoms with E-state index in [-0.39, 0.29) is 0 Å². The van der Waals surface area contributed by atoms with Crippen LogP contribution in [0, 0.1) is 20.8 Å². The first-order chi connectivity index (χ1) is 8.58. The van der Waals surface area contributed by atoms with Crippen LogP contribution in [0.25, 0.3) is 11.3 Å². The molecule has 4 nitrogen and oxygen atoms in total. The topological polar surface area (TPSA) is 63.9 Å². The van der Waals surface area contributed by atoms with E-state index in [1.165, 1.54) is 5.56 Å². The van der Waals surface area contributed by atoms with Crippen LogP contribution >= 0.6 is 0 Å². The lowest BCUT2D eigenvalue weighted by Gasteiger charge is -2.14. The maximum absolute atomic E-state index is 5.59. The van der Waals surface area contributed by atoms with Gasteiger partial charge >= 0.3 is 0 Å². The number of aryl methyl sites for hydroxylation is 1. The fraction of sp³-hybridized carbons (Fsp3) is 0.357. The summed E-state index contributed by atoms with van der Waals surface area (Å²) >= 11 is 0. The van der Waals surface area contributed by atoms with Crippen LogP contribution in [0.5, 0.6) is 5.75 Å². The third-order valence-corrected chi connectivity index (χ3v) is 3.36. The highest BCUT2D eigenvalue weighted by Gasteiger charge is 2.13. The van der Waals surface area contributed by atoms with Gasteiger partial charge in [0.1, 0.15) is 5.75 Å². The summed E-state index contributed by atoms with van der Waals surface area (Å²) < 4.78 is 5.43. The number of aromatic nitrogens is 2. The summed E-state index contributed by atoms with van der Waals surface area (Å²) in [5.41, 5.74) is 12.1. The van der Waals surface area contributed by atoms with Crippen LogP contribution in [0.2, 0.25) is 0 Å². The van der Waals surface area contributed by atoms with Gasteiger partial charge in [-0.3, -0.25) is 5.10 Å². The standard InChI is InChI=1S/C14H19N3O/c1-8-5-12(9(2)10(3)14(8)18-4)13-6-11(7-15)16-17-13/h5-6H,7,15H2,1-4H3,(H,16,17). The highest BCUT2D eigenvalue weighted by Crippen LogP contribution is 2.33. The first kappa shape index (κ1) is 12.6.